The van der Waals surface area contributed by atoms with Gasteiger partial charge in [-0.15, -0.1) is 5.10 Å². The Morgan fingerprint density at radius 2 is 1.15 bits per heavy atom. The minimum atomic E-state index is 0. The SMILES string of the molecule is C.c1cnncn1.c1ncncn1. The van der Waals surface area contributed by atoms with E-state index in [9.17, 15) is 0 Å². The van der Waals surface area contributed by atoms with Crippen LogP contribution < -0.4 is 0 Å². The Balaban J connectivity index is 0.000000206. The van der Waals surface area contributed by atoms with E-state index in [-0.39, 0.29) is 7.43 Å². The molecule has 2 rings (SSSR count). The molecule has 6 heteroatoms. The summed E-state index contributed by atoms with van der Waals surface area (Å²) in [5.41, 5.74) is 0. The maximum atomic E-state index is 3.61. The van der Waals surface area contributed by atoms with Crippen LogP contribution in [-0.4, -0.2) is 30.1 Å². The van der Waals surface area contributed by atoms with Crippen molar-refractivity contribution in [1.29, 1.82) is 0 Å². The van der Waals surface area contributed by atoms with Crippen molar-refractivity contribution in [3.8, 4) is 0 Å². The first-order valence-electron chi connectivity index (χ1n) is 3.12. The van der Waals surface area contributed by atoms with Crippen LogP contribution in [0, 0.1) is 0 Å². The highest BCUT2D eigenvalue weighted by Gasteiger charge is 1.60. The minimum absolute atomic E-state index is 0. The second-order valence-electron chi connectivity index (χ2n) is 1.59. The molecule has 68 valence electrons. The lowest BCUT2D eigenvalue weighted by Gasteiger charge is -1.69. The number of nitrogens with zero attached hydrogens (tertiary/aromatic N) is 6. The lowest BCUT2D eigenvalue weighted by atomic mass is 10.9. The molecule has 2 aromatic rings. The quantitative estimate of drug-likeness (QED) is 0.580. The molecule has 0 saturated heterocycles. The van der Waals surface area contributed by atoms with Crippen molar-refractivity contribution >= 4 is 0 Å². The summed E-state index contributed by atoms with van der Waals surface area (Å²) in [5.74, 6) is 0. The smallest absolute Gasteiger partial charge is 0.138 e. The molecule has 0 spiro atoms. The summed E-state index contributed by atoms with van der Waals surface area (Å²) in [6, 6.07) is 0. The van der Waals surface area contributed by atoms with E-state index in [1.54, 1.807) is 6.20 Å². The van der Waals surface area contributed by atoms with Crippen LogP contribution in [0.3, 0.4) is 0 Å². The van der Waals surface area contributed by atoms with Crippen molar-refractivity contribution < 1.29 is 0 Å². The number of hydrogen-bond donors (Lipinski definition) is 0. The standard InChI is InChI=1S/2C3H3N3.CH4/c1-4-2-6-3-5-1;1-2-5-6-3-4-1;/h2*1-3H;1H4. The van der Waals surface area contributed by atoms with E-state index < -0.39 is 0 Å². The summed E-state index contributed by atoms with van der Waals surface area (Å²) in [6.07, 6.45) is 8.81. The lowest BCUT2D eigenvalue weighted by Crippen LogP contribution is -1.75. The summed E-state index contributed by atoms with van der Waals surface area (Å²) >= 11 is 0. The van der Waals surface area contributed by atoms with Gasteiger partial charge in [0.15, 0.2) is 0 Å². The van der Waals surface area contributed by atoms with E-state index in [0.29, 0.717) is 0 Å². The van der Waals surface area contributed by atoms with Gasteiger partial charge in [0.05, 0.1) is 6.20 Å². The zero-order valence-corrected chi connectivity index (χ0v) is 6.15. The van der Waals surface area contributed by atoms with Gasteiger partial charge in [-0.1, -0.05) is 7.43 Å². The van der Waals surface area contributed by atoms with Crippen LogP contribution >= 0.6 is 0 Å². The average Bonchev–Trinajstić information content (AvgIpc) is 2.24. The Hall–Kier alpha value is -1.98. The predicted molar refractivity (Wildman–Crippen MR) is 46.4 cm³/mol. The second kappa shape index (κ2) is 8.12. The van der Waals surface area contributed by atoms with Crippen LogP contribution in [0.1, 0.15) is 7.43 Å². The van der Waals surface area contributed by atoms with Crippen molar-refractivity contribution in [2.45, 2.75) is 7.43 Å². The lowest BCUT2D eigenvalue weighted by molar-refractivity contribution is 0.969. The molecule has 2 heterocycles. The Morgan fingerprint density at radius 3 is 1.31 bits per heavy atom. The third-order valence-electron chi connectivity index (χ3n) is 0.804. The van der Waals surface area contributed by atoms with Gasteiger partial charge in [-0.3, -0.25) is 0 Å². The zero-order valence-electron chi connectivity index (χ0n) is 6.15. The summed E-state index contributed by atoms with van der Waals surface area (Å²) in [6.45, 7) is 0. The molecule has 0 aliphatic carbocycles. The molecule has 6 nitrogen and oxygen atoms in total. The number of rotatable bonds is 0. The Bertz CT molecular complexity index is 188. The predicted octanol–water partition coefficient (Wildman–Crippen LogP) is 0.379. The number of hydrogen-bond acceptors (Lipinski definition) is 6. The Morgan fingerprint density at radius 1 is 0.538 bits per heavy atom. The van der Waals surface area contributed by atoms with Gasteiger partial charge in [0, 0.05) is 6.20 Å². The maximum Gasteiger partial charge on any atom is 0.138 e. The molecule has 0 aliphatic heterocycles. The van der Waals surface area contributed by atoms with E-state index >= 15 is 0 Å². The third kappa shape index (κ3) is 6.42. The zero-order chi connectivity index (χ0) is 8.49. The van der Waals surface area contributed by atoms with Crippen LogP contribution in [-0.2, 0) is 0 Å². The van der Waals surface area contributed by atoms with Crippen molar-refractivity contribution in [2.24, 2.45) is 0 Å². The van der Waals surface area contributed by atoms with Gasteiger partial charge < -0.3 is 0 Å². The van der Waals surface area contributed by atoms with Crippen LogP contribution in [0.5, 0.6) is 0 Å². The first-order chi connectivity index (χ1) is 6.00. The van der Waals surface area contributed by atoms with Crippen molar-refractivity contribution in [2.75, 3.05) is 0 Å². The first kappa shape index (κ1) is 11.0. The van der Waals surface area contributed by atoms with Crippen molar-refractivity contribution in [3.63, 3.8) is 0 Å². The molecule has 2 aromatic heterocycles. The molecule has 0 atom stereocenters. The molecule has 0 unspecified atom stereocenters. The average molecular weight is 178 g/mol. The van der Waals surface area contributed by atoms with E-state index in [2.05, 4.69) is 30.1 Å². The Labute approximate surface area is 76.2 Å². The molecule has 0 bridgehead atoms. The molecular weight excluding hydrogens is 168 g/mol. The van der Waals surface area contributed by atoms with Crippen molar-refractivity contribution in [1.82, 2.24) is 30.1 Å². The molecule has 0 amide bonds. The molecule has 0 aromatic carbocycles. The summed E-state index contributed by atoms with van der Waals surface area (Å²) in [7, 11) is 0. The van der Waals surface area contributed by atoms with Gasteiger partial charge in [-0.2, -0.15) is 5.10 Å². The largest absolute Gasteiger partial charge is 0.241 e. The molecule has 0 aliphatic rings. The monoisotopic (exact) mass is 178 g/mol. The van der Waals surface area contributed by atoms with Crippen LogP contribution in [0.15, 0.2) is 37.7 Å². The van der Waals surface area contributed by atoms with Crippen LogP contribution in [0.25, 0.3) is 0 Å². The highest BCUT2D eigenvalue weighted by Crippen LogP contribution is 1.59. The number of aromatic nitrogens is 6. The summed E-state index contributed by atoms with van der Waals surface area (Å²) in [4.78, 5) is 14.3. The van der Waals surface area contributed by atoms with Gasteiger partial charge in [-0.05, 0) is 0 Å². The third-order valence-corrected chi connectivity index (χ3v) is 0.804. The van der Waals surface area contributed by atoms with Gasteiger partial charge in [-0.25, -0.2) is 19.9 Å². The van der Waals surface area contributed by atoms with E-state index in [1.807, 2.05) is 0 Å². The first-order valence-corrected chi connectivity index (χ1v) is 3.12. The second-order valence-corrected chi connectivity index (χ2v) is 1.59. The Kier molecular flexibility index (Phi) is 6.88. The minimum Gasteiger partial charge on any atom is -0.241 e. The molecule has 0 radical (unpaired) electrons. The van der Waals surface area contributed by atoms with Crippen LogP contribution in [0.4, 0.5) is 0 Å². The fourth-order valence-corrected chi connectivity index (χ4v) is 0.410. The highest BCUT2D eigenvalue weighted by molar-refractivity contribution is 4.59. The fraction of sp³-hybridized carbons (Fsp3) is 0.143. The van der Waals surface area contributed by atoms with E-state index in [0.717, 1.165) is 0 Å². The molecule has 13 heavy (non-hydrogen) atoms. The topological polar surface area (TPSA) is 77.3 Å². The summed E-state index contributed by atoms with van der Waals surface area (Å²) < 4.78 is 0. The molecule has 0 saturated carbocycles. The van der Waals surface area contributed by atoms with Gasteiger partial charge >= 0.3 is 0 Å². The molecule has 0 N–H and O–H groups in total. The van der Waals surface area contributed by atoms with Crippen molar-refractivity contribution in [3.05, 3.63) is 37.7 Å². The molecular formula is C7H10N6. The van der Waals surface area contributed by atoms with Gasteiger partial charge in [0.1, 0.15) is 25.3 Å². The van der Waals surface area contributed by atoms with E-state index in [4.69, 9.17) is 0 Å². The fourth-order valence-electron chi connectivity index (χ4n) is 0.410. The maximum absolute atomic E-state index is 3.61. The van der Waals surface area contributed by atoms with Gasteiger partial charge in [0.25, 0.3) is 0 Å². The normalized spacial score (nSPS) is 7.38. The molecule has 0 fully saturated rings. The van der Waals surface area contributed by atoms with Gasteiger partial charge in [0.2, 0.25) is 0 Å². The highest BCUT2D eigenvalue weighted by atomic mass is 15.1. The summed E-state index contributed by atoms with van der Waals surface area (Å²) in [5, 5.41) is 6.90. The van der Waals surface area contributed by atoms with Crippen LogP contribution in [0.2, 0.25) is 0 Å². The van der Waals surface area contributed by atoms with E-state index in [1.165, 1.54) is 31.5 Å².